The normalized spacial score (nSPS) is 11.3. The molecule has 0 unspecified atom stereocenters. The van der Waals surface area contributed by atoms with Crippen LogP contribution in [0.4, 0.5) is 8.78 Å². The highest BCUT2D eigenvalue weighted by Gasteiger charge is 2.15. The number of halogens is 2. The van der Waals surface area contributed by atoms with Gasteiger partial charge in [0, 0.05) is 17.7 Å². The molecular formula is C19H15F2N5O3. The van der Waals surface area contributed by atoms with Crippen molar-refractivity contribution in [3.63, 3.8) is 0 Å². The topological polar surface area (TPSA) is 94.9 Å². The third-order valence-corrected chi connectivity index (χ3v) is 4.65. The summed E-state index contributed by atoms with van der Waals surface area (Å²) < 4.78 is 30.3. The standard InChI is InChI=1S/C19H15F2N5O3/c1-2-25-17-7-6-11(8-12(17)18(27)26(29)19(25)28)16-10-24(23-22-16)9-13-14(20)4-3-5-15(13)21/h3-8,10,29H,2,9H2,1H3. The molecule has 2 aromatic heterocycles. The van der Waals surface area contributed by atoms with Crippen molar-refractivity contribution in [2.75, 3.05) is 0 Å². The van der Waals surface area contributed by atoms with Gasteiger partial charge in [0.05, 0.1) is 23.6 Å². The molecule has 4 rings (SSSR count). The predicted molar refractivity (Wildman–Crippen MR) is 99.8 cm³/mol. The average molecular weight is 399 g/mol. The summed E-state index contributed by atoms with van der Waals surface area (Å²) in [5.41, 5.74) is -0.583. The van der Waals surface area contributed by atoms with Gasteiger partial charge in [0.2, 0.25) is 0 Å². The minimum absolute atomic E-state index is 0.0629. The van der Waals surface area contributed by atoms with Crippen molar-refractivity contribution in [1.29, 1.82) is 0 Å². The number of hydrogen-bond donors (Lipinski definition) is 1. The molecule has 0 amide bonds. The van der Waals surface area contributed by atoms with Crippen molar-refractivity contribution >= 4 is 10.9 Å². The summed E-state index contributed by atoms with van der Waals surface area (Å²) in [6, 6.07) is 8.30. The van der Waals surface area contributed by atoms with E-state index in [1.165, 1.54) is 27.6 Å². The molecule has 0 spiro atoms. The maximum atomic E-state index is 13.8. The van der Waals surface area contributed by atoms with Crippen LogP contribution in [-0.4, -0.2) is 29.5 Å². The minimum atomic E-state index is -0.850. The van der Waals surface area contributed by atoms with Crippen molar-refractivity contribution < 1.29 is 14.0 Å². The molecule has 0 atom stereocenters. The van der Waals surface area contributed by atoms with Gasteiger partial charge in [0.15, 0.2) is 0 Å². The van der Waals surface area contributed by atoms with Crippen LogP contribution in [0.5, 0.6) is 0 Å². The number of rotatable bonds is 4. The summed E-state index contributed by atoms with van der Waals surface area (Å²) >= 11 is 0. The van der Waals surface area contributed by atoms with Gasteiger partial charge < -0.3 is 5.21 Å². The number of aromatic nitrogens is 5. The lowest BCUT2D eigenvalue weighted by molar-refractivity contribution is 0.157. The molecule has 0 aliphatic heterocycles. The van der Waals surface area contributed by atoms with Crippen LogP contribution in [0.1, 0.15) is 12.5 Å². The number of fused-ring (bicyclic) bond motifs is 1. The molecule has 2 heterocycles. The molecular weight excluding hydrogens is 384 g/mol. The Hall–Kier alpha value is -3.82. The second-order valence-electron chi connectivity index (χ2n) is 6.38. The fourth-order valence-electron chi connectivity index (χ4n) is 3.18. The van der Waals surface area contributed by atoms with Crippen LogP contribution in [0.15, 0.2) is 52.2 Å². The second-order valence-corrected chi connectivity index (χ2v) is 6.38. The van der Waals surface area contributed by atoms with Crippen LogP contribution in [0.3, 0.4) is 0 Å². The van der Waals surface area contributed by atoms with E-state index in [0.717, 1.165) is 12.1 Å². The Morgan fingerprint density at radius 2 is 1.83 bits per heavy atom. The van der Waals surface area contributed by atoms with Crippen LogP contribution in [-0.2, 0) is 13.1 Å². The molecule has 8 nitrogen and oxygen atoms in total. The molecule has 0 bridgehead atoms. The van der Waals surface area contributed by atoms with Crippen LogP contribution >= 0.6 is 0 Å². The van der Waals surface area contributed by atoms with E-state index in [-0.39, 0.29) is 28.8 Å². The molecule has 0 saturated carbocycles. The molecule has 0 aliphatic rings. The highest BCUT2D eigenvalue weighted by molar-refractivity contribution is 5.83. The maximum Gasteiger partial charge on any atom is 0.364 e. The number of benzene rings is 2. The summed E-state index contributed by atoms with van der Waals surface area (Å²) in [5.74, 6) is -1.37. The highest BCUT2D eigenvalue weighted by Crippen LogP contribution is 2.21. The number of aryl methyl sites for hydroxylation is 1. The molecule has 4 aromatic rings. The Kier molecular flexibility index (Phi) is 4.45. The van der Waals surface area contributed by atoms with Crippen molar-refractivity contribution in [1.82, 2.24) is 24.3 Å². The number of hydrogen-bond acceptors (Lipinski definition) is 5. The van der Waals surface area contributed by atoms with Gasteiger partial charge in [-0.1, -0.05) is 22.1 Å². The first-order valence-electron chi connectivity index (χ1n) is 8.73. The van der Waals surface area contributed by atoms with E-state index in [1.807, 2.05) is 0 Å². The van der Waals surface area contributed by atoms with Crippen molar-refractivity contribution in [2.45, 2.75) is 20.0 Å². The monoisotopic (exact) mass is 399 g/mol. The maximum absolute atomic E-state index is 13.8. The van der Waals surface area contributed by atoms with Crippen molar-refractivity contribution in [2.24, 2.45) is 0 Å². The second kappa shape index (κ2) is 6.97. The first-order valence-corrected chi connectivity index (χ1v) is 8.73. The van der Waals surface area contributed by atoms with Crippen LogP contribution < -0.4 is 11.2 Å². The van der Waals surface area contributed by atoms with Crippen LogP contribution in [0.25, 0.3) is 22.2 Å². The van der Waals surface area contributed by atoms with Crippen LogP contribution in [0, 0.1) is 11.6 Å². The predicted octanol–water partition coefficient (Wildman–Crippen LogP) is 2.01. The van der Waals surface area contributed by atoms with E-state index in [2.05, 4.69) is 10.3 Å². The fourth-order valence-corrected chi connectivity index (χ4v) is 3.18. The van der Waals surface area contributed by atoms with E-state index >= 15 is 0 Å². The molecule has 148 valence electrons. The number of nitrogens with zero attached hydrogens (tertiary/aromatic N) is 5. The summed E-state index contributed by atoms with van der Waals surface area (Å²) in [6.45, 7) is 1.82. The summed E-state index contributed by atoms with van der Waals surface area (Å²) in [5, 5.41) is 17.8. The SMILES string of the molecule is CCn1c(=O)n(O)c(=O)c2cc(-c3cn(Cc4c(F)cccc4F)nn3)ccc21. The zero-order chi connectivity index (χ0) is 20.7. The molecule has 29 heavy (non-hydrogen) atoms. The van der Waals surface area contributed by atoms with Gasteiger partial charge in [-0.2, -0.15) is 0 Å². The molecule has 0 fully saturated rings. The highest BCUT2D eigenvalue weighted by atomic mass is 19.1. The van der Waals surface area contributed by atoms with Gasteiger partial charge >= 0.3 is 5.69 Å². The van der Waals surface area contributed by atoms with E-state index in [0.29, 0.717) is 16.8 Å². The van der Waals surface area contributed by atoms with Crippen molar-refractivity contribution in [3.05, 3.63) is 80.6 Å². The van der Waals surface area contributed by atoms with Gasteiger partial charge in [-0.3, -0.25) is 9.36 Å². The van der Waals surface area contributed by atoms with E-state index < -0.39 is 22.9 Å². The lowest BCUT2D eigenvalue weighted by Gasteiger charge is -2.09. The minimum Gasteiger partial charge on any atom is -0.421 e. The Balaban J connectivity index is 1.77. The first-order chi connectivity index (χ1) is 13.9. The zero-order valence-electron chi connectivity index (χ0n) is 15.2. The van der Waals surface area contributed by atoms with Gasteiger partial charge in [0.25, 0.3) is 5.56 Å². The van der Waals surface area contributed by atoms with E-state index in [4.69, 9.17) is 0 Å². The Labute approximate surface area is 161 Å². The average Bonchev–Trinajstić information content (AvgIpc) is 3.18. The quantitative estimate of drug-likeness (QED) is 0.530. The molecule has 2 aromatic carbocycles. The lowest BCUT2D eigenvalue weighted by atomic mass is 10.1. The largest absolute Gasteiger partial charge is 0.421 e. The lowest BCUT2D eigenvalue weighted by Crippen LogP contribution is -2.38. The summed E-state index contributed by atoms with van der Waals surface area (Å²) in [4.78, 5) is 24.3. The molecule has 0 saturated heterocycles. The van der Waals surface area contributed by atoms with Crippen molar-refractivity contribution in [3.8, 4) is 11.3 Å². The Bertz CT molecular complexity index is 1340. The molecule has 0 radical (unpaired) electrons. The van der Waals surface area contributed by atoms with E-state index in [1.54, 1.807) is 19.1 Å². The van der Waals surface area contributed by atoms with Gasteiger partial charge in [0.1, 0.15) is 17.3 Å². The van der Waals surface area contributed by atoms with Gasteiger partial charge in [-0.15, -0.1) is 5.10 Å². The molecule has 1 N–H and O–H groups in total. The van der Waals surface area contributed by atoms with Gasteiger partial charge in [-0.05, 0) is 31.2 Å². The van der Waals surface area contributed by atoms with Gasteiger partial charge in [-0.25, -0.2) is 18.3 Å². The first kappa shape index (κ1) is 18.5. The smallest absolute Gasteiger partial charge is 0.364 e. The van der Waals surface area contributed by atoms with E-state index in [9.17, 15) is 23.6 Å². The Morgan fingerprint density at radius 1 is 1.10 bits per heavy atom. The van der Waals surface area contributed by atoms with Crippen LogP contribution in [0.2, 0.25) is 0 Å². The third kappa shape index (κ3) is 3.08. The summed E-state index contributed by atoms with van der Waals surface area (Å²) in [7, 11) is 0. The molecule has 10 heteroatoms. The Morgan fingerprint density at radius 3 is 2.52 bits per heavy atom. The fraction of sp³-hybridized carbons (Fsp3) is 0.158. The molecule has 0 aliphatic carbocycles. The zero-order valence-corrected chi connectivity index (χ0v) is 15.2. The summed E-state index contributed by atoms with van der Waals surface area (Å²) in [6.07, 6.45) is 1.49. The third-order valence-electron chi connectivity index (χ3n) is 4.65.